The van der Waals surface area contributed by atoms with E-state index in [1.54, 1.807) is 0 Å². The van der Waals surface area contributed by atoms with E-state index in [1.165, 1.54) is 18.4 Å². The second-order valence-corrected chi connectivity index (χ2v) is 5.68. The van der Waals surface area contributed by atoms with Gasteiger partial charge >= 0.3 is 0 Å². The zero-order valence-corrected chi connectivity index (χ0v) is 12.7. The molecule has 1 aromatic carbocycles. The molecular weight excluding hydrogens is 260 g/mol. The molecule has 0 bridgehead atoms. The third-order valence-corrected chi connectivity index (χ3v) is 3.92. The van der Waals surface area contributed by atoms with Gasteiger partial charge in [0.15, 0.2) is 0 Å². The van der Waals surface area contributed by atoms with Crippen LogP contribution in [0.2, 0.25) is 0 Å². The molecule has 21 heavy (non-hydrogen) atoms. The molecule has 2 aromatic rings. The Bertz CT molecular complexity index is 634. The Labute approximate surface area is 126 Å². The van der Waals surface area contributed by atoms with E-state index in [2.05, 4.69) is 33.9 Å². The van der Waals surface area contributed by atoms with Crippen LogP contribution in [0.4, 0.5) is 11.5 Å². The minimum atomic E-state index is 0.587. The van der Waals surface area contributed by atoms with Crippen molar-refractivity contribution in [2.24, 2.45) is 0 Å². The summed E-state index contributed by atoms with van der Waals surface area (Å²) >= 11 is 0. The Morgan fingerprint density at radius 2 is 2.00 bits per heavy atom. The first-order chi connectivity index (χ1) is 10.2. The molecule has 1 heterocycles. The molecule has 0 aliphatic heterocycles. The molecule has 1 aliphatic rings. The van der Waals surface area contributed by atoms with Crippen LogP contribution in [-0.4, -0.2) is 16.0 Å². The Morgan fingerprint density at radius 3 is 2.67 bits per heavy atom. The van der Waals surface area contributed by atoms with E-state index in [1.807, 2.05) is 25.1 Å². The van der Waals surface area contributed by atoms with Crippen LogP contribution in [0, 0.1) is 6.92 Å². The minimum Gasteiger partial charge on any atom is -0.398 e. The van der Waals surface area contributed by atoms with Crippen LogP contribution in [0.15, 0.2) is 30.3 Å². The van der Waals surface area contributed by atoms with Crippen LogP contribution in [0.1, 0.15) is 36.8 Å². The van der Waals surface area contributed by atoms with Gasteiger partial charge in [-0.2, -0.15) is 0 Å². The van der Waals surface area contributed by atoms with Crippen molar-refractivity contribution in [1.82, 2.24) is 9.97 Å². The van der Waals surface area contributed by atoms with Gasteiger partial charge in [-0.1, -0.05) is 25.1 Å². The average Bonchev–Trinajstić information content (AvgIpc) is 3.30. The highest BCUT2D eigenvalue weighted by Crippen LogP contribution is 2.33. The monoisotopic (exact) mass is 282 g/mol. The normalized spacial score (nSPS) is 14.2. The highest BCUT2D eigenvalue weighted by molar-refractivity contribution is 5.51. The van der Waals surface area contributed by atoms with Crippen LogP contribution in [-0.2, 0) is 13.0 Å². The lowest BCUT2D eigenvalue weighted by Gasteiger charge is -2.25. The lowest BCUT2D eigenvalue weighted by Crippen LogP contribution is -2.27. The minimum absolute atomic E-state index is 0.587. The maximum Gasteiger partial charge on any atom is 0.133 e. The summed E-state index contributed by atoms with van der Waals surface area (Å²) in [5, 5.41) is 0. The maximum absolute atomic E-state index is 6.09. The van der Waals surface area contributed by atoms with E-state index in [0.717, 1.165) is 36.0 Å². The van der Waals surface area contributed by atoms with Crippen molar-refractivity contribution in [3.63, 3.8) is 0 Å². The lowest BCUT2D eigenvalue weighted by molar-refractivity contribution is 0.767. The molecule has 0 atom stereocenters. The van der Waals surface area contributed by atoms with E-state index in [4.69, 9.17) is 5.73 Å². The summed E-state index contributed by atoms with van der Waals surface area (Å²) in [4.78, 5) is 11.5. The number of benzene rings is 1. The van der Waals surface area contributed by atoms with Crippen molar-refractivity contribution in [2.75, 3.05) is 10.6 Å². The molecule has 0 amide bonds. The molecule has 1 fully saturated rings. The van der Waals surface area contributed by atoms with E-state index in [9.17, 15) is 0 Å². The van der Waals surface area contributed by atoms with Crippen LogP contribution in [0.5, 0.6) is 0 Å². The molecule has 0 radical (unpaired) electrons. The van der Waals surface area contributed by atoms with Crippen LogP contribution < -0.4 is 10.6 Å². The molecule has 1 aliphatic carbocycles. The Kier molecular flexibility index (Phi) is 3.78. The van der Waals surface area contributed by atoms with Gasteiger partial charge in [-0.05, 0) is 37.8 Å². The number of aryl methyl sites for hydroxylation is 2. The zero-order chi connectivity index (χ0) is 14.8. The van der Waals surface area contributed by atoms with Crippen LogP contribution in [0.25, 0.3) is 0 Å². The summed E-state index contributed by atoms with van der Waals surface area (Å²) in [6.07, 6.45) is 3.40. The van der Waals surface area contributed by atoms with Crippen molar-refractivity contribution in [1.29, 1.82) is 0 Å². The number of hydrogen-bond acceptors (Lipinski definition) is 4. The molecule has 2 N–H and O–H groups in total. The number of rotatable bonds is 5. The Balaban J connectivity index is 1.92. The van der Waals surface area contributed by atoms with E-state index in [-0.39, 0.29) is 0 Å². The summed E-state index contributed by atoms with van der Waals surface area (Å²) in [5.74, 6) is 1.88. The fourth-order valence-corrected chi connectivity index (χ4v) is 2.59. The number of aromatic nitrogens is 2. The van der Waals surface area contributed by atoms with E-state index < -0.39 is 0 Å². The van der Waals surface area contributed by atoms with Gasteiger partial charge in [0, 0.05) is 30.0 Å². The van der Waals surface area contributed by atoms with Gasteiger partial charge in [-0.3, -0.25) is 0 Å². The van der Waals surface area contributed by atoms with Crippen molar-refractivity contribution >= 4 is 11.5 Å². The second kappa shape index (κ2) is 5.72. The molecule has 0 unspecified atom stereocenters. The second-order valence-electron chi connectivity index (χ2n) is 5.68. The van der Waals surface area contributed by atoms with E-state index in [0.29, 0.717) is 6.04 Å². The number of hydrogen-bond donors (Lipinski definition) is 1. The van der Waals surface area contributed by atoms with Gasteiger partial charge in [0.25, 0.3) is 0 Å². The third kappa shape index (κ3) is 3.15. The largest absolute Gasteiger partial charge is 0.398 e. The first kappa shape index (κ1) is 13.9. The fraction of sp³-hybridized carbons (Fsp3) is 0.412. The number of nitrogens with two attached hydrogens (primary N) is 1. The maximum atomic E-state index is 6.09. The molecule has 110 valence electrons. The van der Waals surface area contributed by atoms with Crippen molar-refractivity contribution in [3.8, 4) is 0 Å². The van der Waals surface area contributed by atoms with Crippen LogP contribution in [0.3, 0.4) is 0 Å². The molecule has 0 spiro atoms. The van der Waals surface area contributed by atoms with Crippen LogP contribution >= 0.6 is 0 Å². The standard InChI is InChI=1S/C17H22N4/c1-3-14-10-17(20-12(2)19-14)21(15-8-9-15)11-13-6-4-5-7-16(13)18/h4-7,10,15H,3,8-9,11,18H2,1-2H3. The number of nitrogen functional groups attached to an aromatic ring is 1. The molecule has 1 saturated carbocycles. The van der Waals surface area contributed by atoms with Gasteiger partial charge < -0.3 is 10.6 Å². The first-order valence-electron chi connectivity index (χ1n) is 7.62. The summed E-state index contributed by atoms with van der Waals surface area (Å²) in [5.41, 5.74) is 9.21. The molecule has 4 nitrogen and oxygen atoms in total. The highest BCUT2D eigenvalue weighted by atomic mass is 15.2. The van der Waals surface area contributed by atoms with E-state index >= 15 is 0 Å². The van der Waals surface area contributed by atoms with Gasteiger partial charge in [-0.15, -0.1) is 0 Å². The predicted octanol–water partition coefficient (Wildman–Crippen LogP) is 3.10. The summed E-state index contributed by atoms with van der Waals surface area (Å²) < 4.78 is 0. The Hall–Kier alpha value is -2.10. The quantitative estimate of drug-likeness (QED) is 0.856. The number of anilines is 2. The topological polar surface area (TPSA) is 55.0 Å². The number of para-hydroxylation sites is 1. The average molecular weight is 282 g/mol. The first-order valence-corrected chi connectivity index (χ1v) is 7.62. The van der Waals surface area contributed by atoms with Crippen molar-refractivity contribution in [3.05, 3.63) is 47.4 Å². The molecule has 0 saturated heterocycles. The molecule has 4 heteroatoms. The third-order valence-electron chi connectivity index (χ3n) is 3.92. The van der Waals surface area contributed by atoms with Gasteiger partial charge in [-0.25, -0.2) is 9.97 Å². The molecular formula is C17H22N4. The fourth-order valence-electron chi connectivity index (χ4n) is 2.59. The van der Waals surface area contributed by atoms with Gasteiger partial charge in [0.1, 0.15) is 11.6 Å². The summed E-state index contributed by atoms with van der Waals surface area (Å²) in [6, 6.07) is 10.8. The molecule has 1 aromatic heterocycles. The smallest absolute Gasteiger partial charge is 0.133 e. The highest BCUT2D eigenvalue weighted by Gasteiger charge is 2.30. The van der Waals surface area contributed by atoms with Gasteiger partial charge in [0.2, 0.25) is 0 Å². The van der Waals surface area contributed by atoms with Crippen molar-refractivity contribution in [2.45, 2.75) is 45.7 Å². The van der Waals surface area contributed by atoms with Gasteiger partial charge in [0.05, 0.1) is 0 Å². The molecule has 3 rings (SSSR count). The zero-order valence-electron chi connectivity index (χ0n) is 12.7. The summed E-state index contributed by atoms with van der Waals surface area (Å²) in [6.45, 7) is 4.91. The van der Waals surface area contributed by atoms with Crippen molar-refractivity contribution < 1.29 is 0 Å². The predicted molar refractivity (Wildman–Crippen MR) is 86.2 cm³/mol. The number of nitrogens with zero attached hydrogens (tertiary/aromatic N) is 3. The SMILES string of the molecule is CCc1cc(N(Cc2ccccc2N)C2CC2)nc(C)n1. The lowest BCUT2D eigenvalue weighted by atomic mass is 10.1. The summed E-state index contributed by atoms with van der Waals surface area (Å²) in [7, 11) is 0. The Morgan fingerprint density at radius 1 is 1.24 bits per heavy atom.